The lowest BCUT2D eigenvalue weighted by Gasteiger charge is -2.12. The maximum absolute atomic E-state index is 13.8. The van der Waals surface area contributed by atoms with Crippen LogP contribution in [0.1, 0.15) is 31.8 Å². The third-order valence-electron chi connectivity index (χ3n) is 4.50. The van der Waals surface area contributed by atoms with Crippen molar-refractivity contribution in [1.29, 1.82) is 5.26 Å². The molecule has 0 aliphatic carbocycles. The van der Waals surface area contributed by atoms with E-state index in [0.29, 0.717) is 35.7 Å². The number of halogens is 1. The maximum Gasteiger partial charge on any atom is 0.258 e. The average Bonchev–Trinajstić information content (AvgIpc) is 2.78. The number of rotatable bonds is 7. The van der Waals surface area contributed by atoms with Crippen LogP contribution in [0.15, 0.2) is 60.8 Å². The first kappa shape index (κ1) is 21.5. The van der Waals surface area contributed by atoms with Crippen LogP contribution in [0.25, 0.3) is 0 Å². The summed E-state index contributed by atoms with van der Waals surface area (Å²) >= 11 is 0. The molecule has 2 amide bonds. The molecule has 8 heteroatoms. The summed E-state index contributed by atoms with van der Waals surface area (Å²) in [5, 5.41) is 17.5. The predicted octanol–water partition coefficient (Wildman–Crippen LogP) is 3.50. The molecule has 3 aromatic rings. The fraction of sp³-hybridized carbons (Fsp3) is 0.130. The molecule has 3 rings (SSSR count). The molecule has 1 aromatic heterocycles. The van der Waals surface area contributed by atoms with Gasteiger partial charge in [-0.1, -0.05) is 18.2 Å². The number of nitrogens with zero attached hydrogens (tertiary/aromatic N) is 2. The van der Waals surface area contributed by atoms with E-state index in [1.54, 1.807) is 49.5 Å². The van der Waals surface area contributed by atoms with Crippen LogP contribution >= 0.6 is 0 Å². The highest BCUT2D eigenvalue weighted by Crippen LogP contribution is 2.19. The molecule has 31 heavy (non-hydrogen) atoms. The summed E-state index contributed by atoms with van der Waals surface area (Å²) in [4.78, 5) is 28.9. The van der Waals surface area contributed by atoms with Crippen molar-refractivity contribution < 1.29 is 14.0 Å². The minimum Gasteiger partial charge on any atom is -0.367 e. The number of carbonyl (C=O) groups excluding carboxylic acids is 2. The van der Waals surface area contributed by atoms with Gasteiger partial charge in [0, 0.05) is 30.5 Å². The van der Waals surface area contributed by atoms with Crippen molar-refractivity contribution in [3.63, 3.8) is 0 Å². The molecule has 1 heterocycles. The van der Waals surface area contributed by atoms with Crippen molar-refractivity contribution in [3.8, 4) is 6.07 Å². The Morgan fingerprint density at radius 1 is 1.06 bits per heavy atom. The fourth-order valence-corrected chi connectivity index (χ4v) is 2.83. The second-order valence-corrected chi connectivity index (χ2v) is 6.66. The monoisotopic (exact) mass is 417 g/mol. The Morgan fingerprint density at radius 2 is 1.87 bits per heavy atom. The number of carbonyl (C=O) groups is 2. The van der Waals surface area contributed by atoms with Gasteiger partial charge in [-0.3, -0.25) is 9.59 Å². The zero-order valence-electron chi connectivity index (χ0n) is 16.8. The second kappa shape index (κ2) is 9.98. The topological polar surface area (TPSA) is 107 Å². The number of amides is 2. The van der Waals surface area contributed by atoms with E-state index < -0.39 is 11.7 Å². The van der Waals surface area contributed by atoms with Crippen molar-refractivity contribution in [3.05, 3.63) is 88.9 Å². The van der Waals surface area contributed by atoms with Gasteiger partial charge in [0.1, 0.15) is 17.7 Å². The molecule has 0 aliphatic rings. The summed E-state index contributed by atoms with van der Waals surface area (Å²) in [5.74, 6) is -1.09. The zero-order chi connectivity index (χ0) is 22.2. The van der Waals surface area contributed by atoms with Crippen molar-refractivity contribution in [2.24, 2.45) is 0 Å². The molecule has 0 bridgehead atoms. The zero-order valence-corrected chi connectivity index (χ0v) is 16.8. The maximum atomic E-state index is 13.8. The second-order valence-electron chi connectivity index (χ2n) is 6.66. The Balaban J connectivity index is 1.60. The van der Waals surface area contributed by atoms with Crippen LogP contribution in [-0.2, 0) is 0 Å². The van der Waals surface area contributed by atoms with E-state index in [2.05, 4.69) is 20.9 Å². The van der Waals surface area contributed by atoms with Crippen LogP contribution < -0.4 is 16.0 Å². The van der Waals surface area contributed by atoms with Gasteiger partial charge >= 0.3 is 0 Å². The number of anilines is 2. The first-order valence-electron chi connectivity index (χ1n) is 9.53. The van der Waals surface area contributed by atoms with E-state index in [1.165, 1.54) is 18.2 Å². The van der Waals surface area contributed by atoms with Gasteiger partial charge in [-0.05, 0) is 48.9 Å². The van der Waals surface area contributed by atoms with Crippen LogP contribution in [0.5, 0.6) is 0 Å². The molecule has 2 aromatic carbocycles. The Morgan fingerprint density at radius 3 is 2.65 bits per heavy atom. The first-order chi connectivity index (χ1) is 15.0. The lowest BCUT2D eigenvalue weighted by atomic mass is 10.1. The number of nitrogens with one attached hydrogen (secondary N) is 3. The van der Waals surface area contributed by atoms with Gasteiger partial charge in [-0.25, -0.2) is 9.37 Å². The molecule has 0 saturated heterocycles. The molecule has 0 atom stereocenters. The largest absolute Gasteiger partial charge is 0.367 e. The SMILES string of the molecule is Cc1ccc(C(=O)NCCNc2ncccc2C#N)cc1NC(=O)c1ccccc1F. The molecule has 3 N–H and O–H groups in total. The van der Waals surface area contributed by atoms with Crippen LogP contribution in [0.2, 0.25) is 0 Å². The lowest BCUT2D eigenvalue weighted by molar-refractivity contribution is 0.0953. The quantitative estimate of drug-likeness (QED) is 0.510. The summed E-state index contributed by atoms with van der Waals surface area (Å²) in [7, 11) is 0. The van der Waals surface area contributed by atoms with Gasteiger partial charge in [0.15, 0.2) is 0 Å². The minimum absolute atomic E-state index is 0.0749. The number of hydrogen-bond donors (Lipinski definition) is 3. The van der Waals surface area contributed by atoms with Gasteiger partial charge in [0.25, 0.3) is 11.8 Å². The van der Waals surface area contributed by atoms with Crippen LogP contribution in [0.3, 0.4) is 0 Å². The van der Waals surface area contributed by atoms with Crippen molar-refractivity contribution >= 4 is 23.3 Å². The highest BCUT2D eigenvalue weighted by atomic mass is 19.1. The molecule has 0 spiro atoms. The van der Waals surface area contributed by atoms with E-state index in [4.69, 9.17) is 5.26 Å². The van der Waals surface area contributed by atoms with Crippen LogP contribution in [0, 0.1) is 24.1 Å². The fourth-order valence-electron chi connectivity index (χ4n) is 2.83. The molecular formula is C23H20FN5O2. The standard InChI is InChI=1S/C23H20FN5O2/c1-15-8-9-16(13-20(15)29-23(31)18-6-2-3-7-19(18)24)22(30)28-12-11-27-21-17(14-25)5-4-10-26-21/h2-10,13H,11-12H2,1H3,(H,26,27)(H,28,30)(H,29,31). The molecule has 156 valence electrons. The number of hydrogen-bond acceptors (Lipinski definition) is 5. The summed E-state index contributed by atoms with van der Waals surface area (Å²) in [5.41, 5.74) is 1.86. The third-order valence-corrected chi connectivity index (χ3v) is 4.50. The lowest BCUT2D eigenvalue weighted by Crippen LogP contribution is -2.29. The van der Waals surface area contributed by atoms with E-state index in [0.717, 1.165) is 5.56 Å². The van der Waals surface area contributed by atoms with E-state index >= 15 is 0 Å². The van der Waals surface area contributed by atoms with Gasteiger partial charge in [-0.2, -0.15) is 5.26 Å². The highest BCUT2D eigenvalue weighted by molar-refractivity contribution is 6.05. The highest BCUT2D eigenvalue weighted by Gasteiger charge is 2.14. The molecule has 0 fully saturated rings. The van der Waals surface area contributed by atoms with E-state index in [9.17, 15) is 14.0 Å². The number of pyridine rings is 1. The van der Waals surface area contributed by atoms with Gasteiger partial charge < -0.3 is 16.0 Å². The Labute approximate surface area is 178 Å². The average molecular weight is 417 g/mol. The molecule has 0 saturated carbocycles. The Kier molecular flexibility index (Phi) is 6.91. The summed E-state index contributed by atoms with van der Waals surface area (Å²) < 4.78 is 13.8. The van der Waals surface area contributed by atoms with Crippen molar-refractivity contribution in [1.82, 2.24) is 10.3 Å². The predicted molar refractivity (Wildman–Crippen MR) is 115 cm³/mol. The van der Waals surface area contributed by atoms with Crippen molar-refractivity contribution in [2.45, 2.75) is 6.92 Å². The van der Waals surface area contributed by atoms with E-state index in [1.807, 2.05) is 6.07 Å². The number of aryl methyl sites for hydroxylation is 1. The number of nitriles is 1. The summed E-state index contributed by atoms with van der Waals surface area (Å²) in [6.45, 7) is 2.45. The summed E-state index contributed by atoms with van der Waals surface area (Å²) in [6, 6.07) is 15.9. The minimum atomic E-state index is -0.619. The van der Waals surface area contributed by atoms with E-state index in [-0.39, 0.29) is 11.5 Å². The first-order valence-corrected chi connectivity index (χ1v) is 9.53. The van der Waals surface area contributed by atoms with Crippen LogP contribution in [0.4, 0.5) is 15.9 Å². The number of aromatic nitrogens is 1. The Bertz CT molecular complexity index is 1160. The van der Waals surface area contributed by atoms with Gasteiger partial charge in [-0.15, -0.1) is 0 Å². The summed E-state index contributed by atoms with van der Waals surface area (Å²) in [6.07, 6.45) is 1.57. The van der Waals surface area contributed by atoms with Crippen molar-refractivity contribution in [2.75, 3.05) is 23.7 Å². The molecular weight excluding hydrogens is 397 g/mol. The smallest absolute Gasteiger partial charge is 0.258 e. The number of benzene rings is 2. The normalized spacial score (nSPS) is 10.1. The molecule has 0 aliphatic heterocycles. The van der Waals surface area contributed by atoms with Crippen LogP contribution in [-0.4, -0.2) is 29.9 Å². The van der Waals surface area contributed by atoms with Gasteiger partial charge in [0.05, 0.1) is 11.1 Å². The molecule has 0 unspecified atom stereocenters. The third kappa shape index (κ3) is 5.42. The molecule has 0 radical (unpaired) electrons. The van der Waals surface area contributed by atoms with Gasteiger partial charge in [0.2, 0.25) is 0 Å². The Hall–Kier alpha value is -4.25. The molecule has 7 nitrogen and oxygen atoms in total.